The number of rotatable bonds is 5. The van der Waals surface area contributed by atoms with Gasteiger partial charge in [0.1, 0.15) is 17.4 Å². The third kappa shape index (κ3) is 3.90. The van der Waals surface area contributed by atoms with E-state index in [1.54, 1.807) is 25.4 Å². The van der Waals surface area contributed by atoms with Gasteiger partial charge in [-0.05, 0) is 25.1 Å². The van der Waals surface area contributed by atoms with Crippen molar-refractivity contribution >= 4 is 23.4 Å². The number of aromatic nitrogens is 1. The first kappa shape index (κ1) is 17.2. The summed E-state index contributed by atoms with van der Waals surface area (Å²) in [4.78, 5) is 30.2. The number of ether oxygens (including phenoxy) is 3. The minimum Gasteiger partial charge on any atom is -0.490 e. The molecule has 1 aliphatic rings. The summed E-state index contributed by atoms with van der Waals surface area (Å²) in [5.41, 5.74) is 1.15. The molecule has 1 saturated heterocycles. The van der Waals surface area contributed by atoms with Crippen molar-refractivity contribution in [1.29, 1.82) is 0 Å². The Morgan fingerprint density at radius 3 is 2.84 bits per heavy atom. The van der Waals surface area contributed by atoms with E-state index < -0.39 is 5.97 Å². The average molecular weight is 362 g/mol. The topological polar surface area (TPSA) is 78.0 Å². The predicted molar refractivity (Wildman–Crippen MR) is 92.0 cm³/mol. The first-order valence-corrected chi connectivity index (χ1v) is 8.48. The fourth-order valence-corrected chi connectivity index (χ4v) is 3.21. The highest BCUT2D eigenvalue weighted by atomic mass is 32.1. The molecular formula is C17H18N2O5S. The first-order valence-electron chi connectivity index (χ1n) is 7.67. The smallest absolute Gasteiger partial charge is 0.410 e. The molecule has 0 radical (unpaired) electrons. The number of amides is 1. The molecule has 1 aromatic heterocycles. The molecule has 0 N–H and O–H groups in total. The van der Waals surface area contributed by atoms with E-state index in [2.05, 4.69) is 4.98 Å². The van der Waals surface area contributed by atoms with E-state index in [1.807, 2.05) is 13.0 Å². The van der Waals surface area contributed by atoms with Gasteiger partial charge in [0.2, 0.25) is 0 Å². The molecule has 132 valence electrons. The second-order valence-corrected chi connectivity index (χ2v) is 6.95. The molecule has 2 aromatic rings. The van der Waals surface area contributed by atoms with Gasteiger partial charge in [-0.2, -0.15) is 0 Å². The Kier molecular flexibility index (Phi) is 4.89. The maximum atomic E-state index is 11.9. The number of aryl methyl sites for hydroxylation is 1. The van der Waals surface area contributed by atoms with Gasteiger partial charge in [-0.3, -0.25) is 0 Å². The van der Waals surface area contributed by atoms with Crippen LogP contribution < -0.4 is 4.74 Å². The summed E-state index contributed by atoms with van der Waals surface area (Å²) in [5.74, 6) is 0.0448. The lowest BCUT2D eigenvalue weighted by atomic mass is 10.1. The van der Waals surface area contributed by atoms with Crippen LogP contribution in [0.3, 0.4) is 0 Å². The van der Waals surface area contributed by atoms with Crippen molar-refractivity contribution in [2.24, 2.45) is 0 Å². The Bertz CT molecular complexity index is 804. The van der Waals surface area contributed by atoms with Gasteiger partial charge in [0.05, 0.1) is 19.2 Å². The third-order valence-electron chi connectivity index (χ3n) is 3.69. The van der Waals surface area contributed by atoms with E-state index in [9.17, 15) is 9.59 Å². The first-order chi connectivity index (χ1) is 12.0. The molecule has 0 saturated carbocycles. The molecule has 0 bridgehead atoms. The highest BCUT2D eigenvalue weighted by Gasteiger charge is 2.28. The summed E-state index contributed by atoms with van der Waals surface area (Å²) in [7, 11) is 3.00. The number of nitrogens with zero attached hydrogens (tertiary/aromatic N) is 2. The second-order valence-electron chi connectivity index (χ2n) is 5.71. The van der Waals surface area contributed by atoms with Crippen LogP contribution in [-0.2, 0) is 9.47 Å². The number of carbonyl (C=O) groups excluding carboxylic acids is 2. The number of benzene rings is 1. The Hall–Kier alpha value is -2.61. The second kappa shape index (κ2) is 7.10. The zero-order valence-corrected chi connectivity index (χ0v) is 15.0. The fraction of sp³-hybridized carbons (Fsp3) is 0.353. The molecule has 7 nitrogen and oxygen atoms in total. The Balaban J connectivity index is 1.82. The van der Waals surface area contributed by atoms with Crippen LogP contribution in [0.4, 0.5) is 4.79 Å². The third-order valence-corrected chi connectivity index (χ3v) is 4.65. The van der Waals surface area contributed by atoms with Crippen molar-refractivity contribution in [3.63, 3.8) is 0 Å². The van der Waals surface area contributed by atoms with Gasteiger partial charge in [-0.25, -0.2) is 14.6 Å². The standard InChI is InChI=1S/C17H18N2O5S/c1-10-7-18-15(25-10)11-4-12(16(20)22-3)6-13(5-11)23-9-14-8-19(2)17(21)24-14/h4-7,14H,8-9H2,1-3H3/t14-/m1/s1. The van der Waals surface area contributed by atoms with Crippen molar-refractivity contribution in [2.75, 3.05) is 27.3 Å². The highest BCUT2D eigenvalue weighted by molar-refractivity contribution is 7.14. The van der Waals surface area contributed by atoms with Crippen LogP contribution in [-0.4, -0.2) is 55.4 Å². The largest absolute Gasteiger partial charge is 0.490 e. The zero-order valence-electron chi connectivity index (χ0n) is 14.1. The molecule has 1 amide bonds. The van der Waals surface area contributed by atoms with Gasteiger partial charge in [0.25, 0.3) is 0 Å². The van der Waals surface area contributed by atoms with Crippen molar-refractivity contribution in [1.82, 2.24) is 9.88 Å². The Morgan fingerprint density at radius 1 is 1.44 bits per heavy atom. The summed E-state index contributed by atoms with van der Waals surface area (Å²) in [5, 5.41) is 0.792. The Labute approximate surface area is 149 Å². The maximum absolute atomic E-state index is 11.9. The van der Waals surface area contributed by atoms with Crippen LogP contribution in [0.2, 0.25) is 0 Å². The number of carbonyl (C=O) groups is 2. The minimum atomic E-state index is -0.452. The van der Waals surface area contributed by atoms with Crippen molar-refractivity contribution < 1.29 is 23.8 Å². The van der Waals surface area contributed by atoms with Crippen LogP contribution in [0.1, 0.15) is 15.2 Å². The lowest BCUT2D eigenvalue weighted by Gasteiger charge is -2.12. The van der Waals surface area contributed by atoms with Gasteiger partial charge in [0.15, 0.2) is 6.10 Å². The lowest BCUT2D eigenvalue weighted by Crippen LogP contribution is -2.23. The van der Waals surface area contributed by atoms with Crippen LogP contribution in [0.5, 0.6) is 5.75 Å². The van der Waals surface area contributed by atoms with Crippen molar-refractivity contribution in [3.8, 4) is 16.3 Å². The quantitative estimate of drug-likeness (QED) is 0.761. The number of esters is 1. The van der Waals surface area contributed by atoms with E-state index >= 15 is 0 Å². The zero-order chi connectivity index (χ0) is 18.0. The van der Waals surface area contributed by atoms with Crippen LogP contribution >= 0.6 is 11.3 Å². The molecule has 2 heterocycles. The Morgan fingerprint density at radius 2 is 2.24 bits per heavy atom. The SMILES string of the molecule is COC(=O)c1cc(OC[C@H]2CN(C)C(=O)O2)cc(-c2ncc(C)s2)c1. The monoisotopic (exact) mass is 362 g/mol. The summed E-state index contributed by atoms with van der Waals surface area (Å²) in [6.45, 7) is 2.64. The molecular weight excluding hydrogens is 344 g/mol. The number of thiazole rings is 1. The van der Waals surface area contributed by atoms with E-state index in [4.69, 9.17) is 14.2 Å². The molecule has 1 aromatic carbocycles. The van der Waals surface area contributed by atoms with Gasteiger partial charge in [-0.1, -0.05) is 0 Å². The number of hydrogen-bond acceptors (Lipinski definition) is 7. The predicted octanol–water partition coefficient (Wildman–Crippen LogP) is 2.73. The average Bonchev–Trinajstić information content (AvgIpc) is 3.18. The highest BCUT2D eigenvalue weighted by Crippen LogP contribution is 2.30. The summed E-state index contributed by atoms with van der Waals surface area (Å²) >= 11 is 1.53. The number of cyclic esters (lactones) is 1. The van der Waals surface area contributed by atoms with Crippen LogP contribution in [0.25, 0.3) is 10.6 Å². The number of likely N-dealkylation sites (N-methyl/N-ethyl adjacent to an activating group) is 1. The molecule has 0 spiro atoms. The normalized spacial score (nSPS) is 16.7. The number of methoxy groups -OCH3 is 1. The van der Waals surface area contributed by atoms with E-state index in [-0.39, 0.29) is 18.8 Å². The van der Waals surface area contributed by atoms with Gasteiger partial charge >= 0.3 is 12.1 Å². The van der Waals surface area contributed by atoms with E-state index in [0.29, 0.717) is 17.9 Å². The fourth-order valence-electron chi connectivity index (χ4n) is 2.46. The van der Waals surface area contributed by atoms with Crippen LogP contribution in [0, 0.1) is 6.92 Å². The van der Waals surface area contributed by atoms with Crippen molar-refractivity contribution in [2.45, 2.75) is 13.0 Å². The van der Waals surface area contributed by atoms with Gasteiger partial charge in [-0.15, -0.1) is 11.3 Å². The van der Waals surface area contributed by atoms with Crippen LogP contribution in [0.15, 0.2) is 24.4 Å². The lowest BCUT2D eigenvalue weighted by molar-refractivity contribution is 0.0600. The molecule has 0 unspecified atom stereocenters. The van der Waals surface area contributed by atoms with E-state index in [1.165, 1.54) is 23.3 Å². The molecule has 8 heteroatoms. The molecule has 1 aliphatic heterocycles. The van der Waals surface area contributed by atoms with Gasteiger partial charge < -0.3 is 19.1 Å². The summed E-state index contributed by atoms with van der Waals surface area (Å²) < 4.78 is 15.7. The molecule has 1 fully saturated rings. The van der Waals surface area contributed by atoms with Gasteiger partial charge in [0, 0.05) is 23.7 Å². The molecule has 1 atom stereocenters. The molecule has 25 heavy (non-hydrogen) atoms. The maximum Gasteiger partial charge on any atom is 0.410 e. The summed E-state index contributed by atoms with van der Waals surface area (Å²) in [6, 6.07) is 5.14. The minimum absolute atomic E-state index is 0.205. The number of hydrogen-bond donors (Lipinski definition) is 0. The molecule has 0 aliphatic carbocycles. The molecule has 3 rings (SSSR count). The summed E-state index contributed by atoms with van der Waals surface area (Å²) in [6.07, 6.45) is 1.07. The van der Waals surface area contributed by atoms with Crippen molar-refractivity contribution in [3.05, 3.63) is 34.8 Å². The van der Waals surface area contributed by atoms with E-state index in [0.717, 1.165) is 15.4 Å².